The van der Waals surface area contributed by atoms with Crippen LogP contribution in [0.2, 0.25) is 0 Å². The van der Waals surface area contributed by atoms with Crippen molar-refractivity contribution < 1.29 is 8.42 Å². The lowest BCUT2D eigenvalue weighted by atomic mass is 9.93. The molecule has 21 heavy (non-hydrogen) atoms. The van der Waals surface area contributed by atoms with Crippen LogP contribution < -0.4 is 5.32 Å². The number of nitrogens with one attached hydrogen (secondary N) is 1. The molecule has 0 aromatic heterocycles. The summed E-state index contributed by atoms with van der Waals surface area (Å²) in [6.07, 6.45) is 4.79. The summed E-state index contributed by atoms with van der Waals surface area (Å²) in [4.78, 5) is 0. The molecule has 5 heteroatoms. The van der Waals surface area contributed by atoms with E-state index in [4.69, 9.17) is 5.26 Å². The van der Waals surface area contributed by atoms with Crippen LogP contribution in [0.25, 0.3) is 0 Å². The molecule has 1 saturated carbocycles. The molecule has 114 valence electrons. The zero-order valence-corrected chi connectivity index (χ0v) is 13.4. The molecule has 3 unspecified atom stereocenters. The van der Waals surface area contributed by atoms with E-state index in [2.05, 4.69) is 18.3 Å². The molecule has 3 atom stereocenters. The molecule has 0 bridgehead atoms. The third-order valence-electron chi connectivity index (χ3n) is 4.26. The van der Waals surface area contributed by atoms with Crippen molar-refractivity contribution in [3.8, 4) is 6.07 Å². The number of nitriles is 1. The van der Waals surface area contributed by atoms with Gasteiger partial charge in [-0.05, 0) is 43.9 Å². The van der Waals surface area contributed by atoms with Crippen LogP contribution in [-0.4, -0.2) is 26.0 Å². The Morgan fingerprint density at radius 3 is 2.52 bits per heavy atom. The minimum absolute atomic E-state index is 0.154. The molecule has 1 aliphatic carbocycles. The van der Waals surface area contributed by atoms with E-state index in [0.717, 1.165) is 24.8 Å². The second-order valence-corrected chi connectivity index (χ2v) is 8.26. The van der Waals surface area contributed by atoms with Crippen LogP contribution in [0.5, 0.6) is 0 Å². The van der Waals surface area contributed by atoms with Gasteiger partial charge in [0.05, 0.1) is 16.9 Å². The molecule has 4 nitrogen and oxygen atoms in total. The summed E-state index contributed by atoms with van der Waals surface area (Å²) in [7, 11) is -2.94. The van der Waals surface area contributed by atoms with Gasteiger partial charge in [-0.1, -0.05) is 18.6 Å². The van der Waals surface area contributed by atoms with Crippen molar-refractivity contribution in [2.24, 2.45) is 0 Å². The van der Waals surface area contributed by atoms with Gasteiger partial charge in [-0.3, -0.25) is 0 Å². The Hall–Kier alpha value is -1.38. The van der Waals surface area contributed by atoms with E-state index >= 15 is 0 Å². The topological polar surface area (TPSA) is 70.0 Å². The van der Waals surface area contributed by atoms with Gasteiger partial charge in [-0.15, -0.1) is 0 Å². The van der Waals surface area contributed by atoms with Gasteiger partial charge >= 0.3 is 0 Å². The molecule has 0 amide bonds. The first kappa shape index (κ1) is 16.0. The van der Waals surface area contributed by atoms with Crippen molar-refractivity contribution in [1.82, 2.24) is 5.32 Å². The number of sulfone groups is 1. The molecule has 1 N–H and O–H groups in total. The highest BCUT2D eigenvalue weighted by Gasteiger charge is 2.29. The zero-order chi connectivity index (χ0) is 15.5. The van der Waals surface area contributed by atoms with Crippen LogP contribution in [0.3, 0.4) is 0 Å². The van der Waals surface area contributed by atoms with Gasteiger partial charge in [0, 0.05) is 18.3 Å². The van der Waals surface area contributed by atoms with Crippen molar-refractivity contribution in [3.63, 3.8) is 0 Å². The van der Waals surface area contributed by atoms with Crippen LogP contribution >= 0.6 is 0 Å². The number of rotatable bonds is 4. The van der Waals surface area contributed by atoms with E-state index in [-0.39, 0.29) is 17.3 Å². The fourth-order valence-corrected chi connectivity index (χ4v) is 4.16. The maximum absolute atomic E-state index is 11.7. The van der Waals surface area contributed by atoms with Gasteiger partial charge in [0.2, 0.25) is 0 Å². The second-order valence-electron chi connectivity index (χ2n) is 5.94. The molecule has 0 aliphatic heterocycles. The van der Waals surface area contributed by atoms with E-state index < -0.39 is 9.84 Å². The molecule has 0 saturated heterocycles. The summed E-state index contributed by atoms with van der Waals surface area (Å²) in [6, 6.07) is 10.0. The van der Waals surface area contributed by atoms with Gasteiger partial charge in [-0.2, -0.15) is 5.26 Å². The Bertz CT molecular complexity index is 617. The lowest BCUT2D eigenvalue weighted by Gasteiger charge is -2.31. The minimum Gasteiger partial charge on any atom is -0.307 e. The summed E-state index contributed by atoms with van der Waals surface area (Å²) >= 11 is 0. The summed E-state index contributed by atoms with van der Waals surface area (Å²) in [5.74, 6) is 0. The smallest absolute Gasteiger partial charge is 0.150 e. The molecule has 0 heterocycles. The Morgan fingerprint density at radius 2 is 1.95 bits per heavy atom. The average Bonchev–Trinajstić information content (AvgIpc) is 2.47. The highest BCUT2D eigenvalue weighted by molar-refractivity contribution is 7.91. The quantitative estimate of drug-likeness (QED) is 0.928. The maximum Gasteiger partial charge on any atom is 0.150 e. The Morgan fingerprint density at radius 1 is 1.29 bits per heavy atom. The molecular formula is C16H22N2O2S. The van der Waals surface area contributed by atoms with Crippen LogP contribution in [0.15, 0.2) is 24.3 Å². The standard InChI is InChI=1S/C16H22N2O2S/c1-12(14-8-6-13(11-17)7-9-14)18-15-4-3-5-16(10-15)21(2,19)20/h6-9,12,15-16,18H,3-5,10H2,1-2H3. The average molecular weight is 306 g/mol. The minimum atomic E-state index is -2.94. The molecule has 0 spiro atoms. The van der Waals surface area contributed by atoms with E-state index in [9.17, 15) is 8.42 Å². The van der Waals surface area contributed by atoms with Crippen molar-refractivity contribution in [2.45, 2.75) is 49.9 Å². The first-order chi connectivity index (χ1) is 9.90. The first-order valence-electron chi connectivity index (χ1n) is 7.35. The molecule has 1 fully saturated rings. The normalized spacial score (nSPS) is 24.2. The Labute approximate surface area is 127 Å². The highest BCUT2D eigenvalue weighted by atomic mass is 32.2. The Balaban J connectivity index is 1.98. The largest absolute Gasteiger partial charge is 0.307 e. The van der Waals surface area contributed by atoms with Crippen LogP contribution in [-0.2, 0) is 9.84 Å². The lowest BCUT2D eigenvalue weighted by molar-refractivity contribution is 0.346. The summed E-state index contributed by atoms with van der Waals surface area (Å²) < 4.78 is 23.4. The first-order valence-corrected chi connectivity index (χ1v) is 9.30. The molecule has 1 aromatic rings. The van der Waals surface area contributed by atoms with Crippen molar-refractivity contribution >= 4 is 9.84 Å². The Kier molecular flexibility index (Phi) is 5.02. The van der Waals surface area contributed by atoms with Crippen LogP contribution in [0, 0.1) is 11.3 Å². The van der Waals surface area contributed by atoms with Gasteiger partial charge in [0.15, 0.2) is 0 Å². The van der Waals surface area contributed by atoms with Gasteiger partial charge in [0.1, 0.15) is 9.84 Å². The fraction of sp³-hybridized carbons (Fsp3) is 0.562. The number of benzene rings is 1. The predicted molar refractivity (Wildman–Crippen MR) is 83.6 cm³/mol. The van der Waals surface area contributed by atoms with E-state index in [0.29, 0.717) is 12.0 Å². The van der Waals surface area contributed by atoms with Gasteiger partial charge < -0.3 is 5.32 Å². The van der Waals surface area contributed by atoms with Gasteiger partial charge in [0.25, 0.3) is 0 Å². The number of nitrogens with zero attached hydrogens (tertiary/aromatic N) is 1. The lowest BCUT2D eigenvalue weighted by Crippen LogP contribution is -2.39. The third-order valence-corrected chi connectivity index (χ3v) is 5.90. The molecule has 0 radical (unpaired) electrons. The summed E-state index contributed by atoms with van der Waals surface area (Å²) in [5.41, 5.74) is 1.77. The monoisotopic (exact) mass is 306 g/mol. The number of hydrogen-bond acceptors (Lipinski definition) is 4. The SMILES string of the molecule is CC(NC1CCCC(S(C)(=O)=O)C1)c1ccc(C#N)cc1. The third kappa shape index (κ3) is 4.29. The molecular weight excluding hydrogens is 284 g/mol. The van der Waals surface area contributed by atoms with E-state index in [1.54, 1.807) is 0 Å². The molecule has 1 aromatic carbocycles. The van der Waals surface area contributed by atoms with E-state index in [1.165, 1.54) is 6.26 Å². The van der Waals surface area contributed by atoms with E-state index in [1.807, 2.05) is 24.3 Å². The van der Waals surface area contributed by atoms with Crippen LogP contribution in [0.1, 0.15) is 49.8 Å². The highest BCUT2D eigenvalue weighted by Crippen LogP contribution is 2.26. The zero-order valence-electron chi connectivity index (χ0n) is 12.5. The van der Waals surface area contributed by atoms with Crippen molar-refractivity contribution in [1.29, 1.82) is 5.26 Å². The molecule has 1 aliphatic rings. The maximum atomic E-state index is 11.7. The second kappa shape index (κ2) is 6.59. The number of hydrogen-bond donors (Lipinski definition) is 1. The predicted octanol–water partition coefficient (Wildman–Crippen LogP) is 2.56. The fourth-order valence-electron chi connectivity index (χ4n) is 2.98. The van der Waals surface area contributed by atoms with Crippen LogP contribution in [0.4, 0.5) is 0 Å². The summed E-state index contributed by atoms with van der Waals surface area (Å²) in [6.45, 7) is 2.07. The van der Waals surface area contributed by atoms with Crippen molar-refractivity contribution in [2.75, 3.05) is 6.26 Å². The summed E-state index contributed by atoms with van der Waals surface area (Å²) in [5, 5.41) is 12.1. The molecule has 2 rings (SSSR count). The van der Waals surface area contributed by atoms with Crippen molar-refractivity contribution in [3.05, 3.63) is 35.4 Å². The van der Waals surface area contributed by atoms with Gasteiger partial charge in [-0.25, -0.2) is 8.42 Å².